The van der Waals surface area contributed by atoms with Crippen LogP contribution in [-0.2, 0) is 17.3 Å². The summed E-state index contributed by atoms with van der Waals surface area (Å²) < 4.78 is 15.5. The summed E-state index contributed by atoms with van der Waals surface area (Å²) in [6.45, 7) is 0.826. The Balaban J connectivity index is 1.54. The molecule has 0 bridgehead atoms. The number of para-hydroxylation sites is 1. The molecule has 0 saturated heterocycles. The fraction of sp³-hybridized carbons (Fsp3) is 0.0833. The summed E-state index contributed by atoms with van der Waals surface area (Å²) in [7, 11) is -4.14. The maximum Gasteiger partial charge on any atom is 0.330 e. The average Bonchev–Trinajstić information content (AvgIpc) is 2.75. The number of aromatic nitrogens is 2. The Kier molecular flexibility index (Phi) is 5.86. The maximum absolute atomic E-state index is 11.4. The molecule has 0 aliphatic heterocycles. The smallest absolute Gasteiger partial charge is 0.324 e. The molecule has 4 aromatic rings. The van der Waals surface area contributed by atoms with Crippen molar-refractivity contribution >= 4 is 7.60 Å². The summed E-state index contributed by atoms with van der Waals surface area (Å²) in [6, 6.07) is 25.8. The van der Waals surface area contributed by atoms with Gasteiger partial charge in [-0.3, -0.25) is 4.57 Å². The van der Waals surface area contributed by atoms with E-state index < -0.39 is 7.60 Å². The number of nitrogens with zero attached hydrogens (tertiary/aromatic N) is 2. The summed E-state index contributed by atoms with van der Waals surface area (Å²) in [6.07, 6.45) is 7.69. The zero-order valence-electron chi connectivity index (χ0n) is 16.4. The third-order valence-corrected chi connectivity index (χ3v) is 5.66. The van der Waals surface area contributed by atoms with Gasteiger partial charge in [0.15, 0.2) is 31.3 Å². The van der Waals surface area contributed by atoms with Gasteiger partial charge in [-0.2, -0.15) is 4.57 Å². The van der Waals surface area contributed by atoms with Crippen LogP contribution in [0.25, 0.3) is 16.8 Å². The van der Waals surface area contributed by atoms with E-state index in [1.54, 1.807) is 12.1 Å². The number of hydrogen-bond acceptors (Lipinski definition) is 1. The quantitative estimate of drug-likeness (QED) is 0.371. The van der Waals surface area contributed by atoms with E-state index in [0.717, 1.165) is 23.4 Å². The molecule has 2 heterocycles. The molecule has 0 fully saturated rings. The van der Waals surface area contributed by atoms with Gasteiger partial charge in [-0.25, -0.2) is 4.57 Å². The highest BCUT2D eigenvalue weighted by atomic mass is 31.2. The van der Waals surface area contributed by atoms with Crippen LogP contribution in [-0.4, -0.2) is 9.79 Å². The van der Waals surface area contributed by atoms with Crippen LogP contribution >= 0.6 is 7.60 Å². The first kappa shape index (κ1) is 20.2. The summed E-state index contributed by atoms with van der Waals surface area (Å²) in [5.74, 6) is 0. The fourth-order valence-electron chi connectivity index (χ4n) is 3.45. The topological polar surface area (TPSA) is 65.3 Å². The number of rotatable bonds is 6. The van der Waals surface area contributed by atoms with E-state index in [2.05, 4.69) is 41.2 Å². The SMILES string of the molecule is O=P(O)(O)Cc1ccccc1-[n+]1ccc(-c2cc[n+](Cc3ccccc3)cc2)cc1. The van der Waals surface area contributed by atoms with Crippen LogP contribution in [0.2, 0.25) is 0 Å². The van der Waals surface area contributed by atoms with Gasteiger partial charge in [-0.15, -0.1) is 0 Å². The number of benzene rings is 2. The van der Waals surface area contributed by atoms with E-state index in [-0.39, 0.29) is 6.16 Å². The second kappa shape index (κ2) is 8.72. The van der Waals surface area contributed by atoms with Crippen LogP contribution in [0.5, 0.6) is 0 Å². The first-order chi connectivity index (χ1) is 14.5. The molecule has 2 N–H and O–H groups in total. The first-order valence-corrected chi connectivity index (χ1v) is 11.5. The van der Waals surface area contributed by atoms with Crippen molar-refractivity contribution < 1.29 is 23.5 Å². The molecule has 150 valence electrons. The van der Waals surface area contributed by atoms with Gasteiger partial charge < -0.3 is 9.79 Å². The van der Waals surface area contributed by atoms with Crippen LogP contribution in [0.15, 0.2) is 104 Å². The van der Waals surface area contributed by atoms with Crippen molar-refractivity contribution in [1.29, 1.82) is 0 Å². The average molecular weight is 418 g/mol. The second-order valence-electron chi connectivity index (χ2n) is 7.19. The molecule has 0 radical (unpaired) electrons. The van der Waals surface area contributed by atoms with Gasteiger partial charge in [0.2, 0.25) is 5.69 Å². The zero-order chi connectivity index (χ0) is 21.0. The van der Waals surface area contributed by atoms with Crippen LogP contribution < -0.4 is 9.13 Å². The number of hydrogen-bond donors (Lipinski definition) is 2. The minimum Gasteiger partial charge on any atom is -0.324 e. The third-order valence-electron chi connectivity index (χ3n) is 4.91. The van der Waals surface area contributed by atoms with Crippen LogP contribution in [0.4, 0.5) is 0 Å². The van der Waals surface area contributed by atoms with Gasteiger partial charge in [0.05, 0.1) is 6.16 Å². The Morgan fingerprint density at radius 3 is 1.90 bits per heavy atom. The Bertz CT molecular complexity index is 1170. The van der Waals surface area contributed by atoms with E-state index in [1.165, 1.54) is 5.56 Å². The molecule has 0 atom stereocenters. The fourth-order valence-corrected chi connectivity index (χ4v) is 4.16. The minimum atomic E-state index is -4.14. The predicted octanol–water partition coefficient (Wildman–Crippen LogP) is 3.64. The molecule has 0 saturated carbocycles. The van der Waals surface area contributed by atoms with Crippen molar-refractivity contribution in [3.05, 3.63) is 115 Å². The molecular formula is C24H23N2O3P+2. The summed E-state index contributed by atoms with van der Waals surface area (Å²) >= 11 is 0. The zero-order valence-corrected chi connectivity index (χ0v) is 17.3. The van der Waals surface area contributed by atoms with Crippen molar-refractivity contribution in [2.24, 2.45) is 0 Å². The monoisotopic (exact) mass is 418 g/mol. The molecule has 2 aromatic heterocycles. The van der Waals surface area contributed by atoms with Crippen molar-refractivity contribution in [3.8, 4) is 16.8 Å². The van der Waals surface area contributed by atoms with Gasteiger partial charge in [-0.1, -0.05) is 48.5 Å². The summed E-state index contributed by atoms with van der Waals surface area (Å²) in [4.78, 5) is 18.7. The minimum absolute atomic E-state index is 0.280. The van der Waals surface area contributed by atoms with Crippen LogP contribution in [0.3, 0.4) is 0 Å². The molecular weight excluding hydrogens is 395 g/mol. The van der Waals surface area contributed by atoms with Crippen molar-refractivity contribution in [1.82, 2.24) is 0 Å². The molecule has 0 aliphatic carbocycles. The lowest BCUT2D eigenvalue weighted by molar-refractivity contribution is -0.688. The van der Waals surface area contributed by atoms with Gasteiger partial charge in [0.25, 0.3) is 0 Å². The van der Waals surface area contributed by atoms with Crippen LogP contribution in [0, 0.1) is 0 Å². The molecule has 5 nitrogen and oxygen atoms in total. The molecule has 0 unspecified atom stereocenters. The molecule has 6 heteroatoms. The molecule has 0 aliphatic rings. The highest BCUT2D eigenvalue weighted by Crippen LogP contribution is 2.39. The van der Waals surface area contributed by atoms with Gasteiger partial charge >= 0.3 is 7.60 Å². The lowest BCUT2D eigenvalue weighted by Crippen LogP contribution is -2.33. The van der Waals surface area contributed by atoms with Gasteiger partial charge in [-0.05, 0) is 11.1 Å². The van der Waals surface area contributed by atoms with E-state index >= 15 is 0 Å². The van der Waals surface area contributed by atoms with Crippen molar-refractivity contribution in [2.75, 3.05) is 0 Å². The number of pyridine rings is 2. The van der Waals surface area contributed by atoms with Crippen LogP contribution in [0.1, 0.15) is 11.1 Å². The normalized spacial score (nSPS) is 11.4. The van der Waals surface area contributed by atoms with E-state index in [1.807, 2.05) is 59.4 Å². The van der Waals surface area contributed by atoms with Gasteiger partial charge in [0.1, 0.15) is 0 Å². The Labute approximate surface area is 175 Å². The van der Waals surface area contributed by atoms with E-state index in [9.17, 15) is 14.4 Å². The standard InChI is InChI=1S/C24H21N2O3P/c27-30(28,29)19-23-8-4-5-9-24(23)26-16-12-22(13-17-26)21-10-14-25(15-11-21)18-20-6-2-1-3-7-20/h1-17H,18-19H2/p+2. The predicted molar refractivity (Wildman–Crippen MR) is 115 cm³/mol. The molecule has 4 rings (SSSR count). The molecule has 0 amide bonds. The highest BCUT2D eigenvalue weighted by Gasteiger charge is 2.20. The lowest BCUT2D eigenvalue weighted by Gasteiger charge is -2.07. The lowest BCUT2D eigenvalue weighted by atomic mass is 10.1. The Morgan fingerprint density at radius 1 is 0.700 bits per heavy atom. The molecule has 30 heavy (non-hydrogen) atoms. The molecule has 2 aromatic carbocycles. The highest BCUT2D eigenvalue weighted by molar-refractivity contribution is 7.50. The van der Waals surface area contributed by atoms with E-state index in [0.29, 0.717) is 5.56 Å². The maximum atomic E-state index is 11.4. The first-order valence-electron chi connectivity index (χ1n) is 9.65. The van der Waals surface area contributed by atoms with Crippen molar-refractivity contribution in [2.45, 2.75) is 12.7 Å². The summed E-state index contributed by atoms with van der Waals surface area (Å²) in [5, 5.41) is 0. The second-order valence-corrected chi connectivity index (χ2v) is 8.84. The third kappa shape index (κ3) is 5.08. The van der Waals surface area contributed by atoms with E-state index in [4.69, 9.17) is 0 Å². The Hall–Kier alpha value is -3.11. The van der Waals surface area contributed by atoms with Gasteiger partial charge in [0, 0.05) is 41.5 Å². The molecule has 0 spiro atoms. The largest absolute Gasteiger partial charge is 0.330 e. The Morgan fingerprint density at radius 2 is 1.27 bits per heavy atom. The van der Waals surface area contributed by atoms with Crippen molar-refractivity contribution in [3.63, 3.8) is 0 Å². The summed E-state index contributed by atoms with van der Waals surface area (Å²) in [5.41, 5.74) is 4.82.